The maximum atomic E-state index is 11.8. The SMILES string of the molecule is CSCC[C@H](N)C(=O)NC1CCCCCC1. The molecule has 0 heterocycles. The van der Waals surface area contributed by atoms with Gasteiger partial charge in [0.25, 0.3) is 0 Å². The second-order valence-corrected chi connectivity index (χ2v) is 5.57. The van der Waals surface area contributed by atoms with E-state index in [-0.39, 0.29) is 11.9 Å². The van der Waals surface area contributed by atoms with Gasteiger partial charge in [0.2, 0.25) is 5.91 Å². The molecule has 1 atom stereocenters. The van der Waals surface area contributed by atoms with Gasteiger partial charge in [-0.05, 0) is 31.3 Å². The van der Waals surface area contributed by atoms with Crippen LogP contribution in [0.5, 0.6) is 0 Å². The van der Waals surface area contributed by atoms with E-state index in [0.29, 0.717) is 6.04 Å². The molecule has 1 aliphatic carbocycles. The van der Waals surface area contributed by atoms with Crippen molar-refractivity contribution in [3.05, 3.63) is 0 Å². The molecule has 94 valence electrons. The first-order valence-electron chi connectivity index (χ1n) is 6.29. The molecule has 3 nitrogen and oxygen atoms in total. The summed E-state index contributed by atoms with van der Waals surface area (Å²) in [6.07, 6.45) is 10.2. The molecular weight excluding hydrogens is 220 g/mol. The molecule has 0 aliphatic heterocycles. The third-order valence-electron chi connectivity index (χ3n) is 3.17. The van der Waals surface area contributed by atoms with E-state index in [4.69, 9.17) is 5.73 Å². The van der Waals surface area contributed by atoms with Gasteiger partial charge in [0.15, 0.2) is 0 Å². The predicted octanol–water partition coefficient (Wildman–Crippen LogP) is 1.91. The van der Waals surface area contributed by atoms with Crippen LogP contribution in [0.4, 0.5) is 0 Å². The van der Waals surface area contributed by atoms with Crippen LogP contribution in [0, 0.1) is 0 Å². The highest BCUT2D eigenvalue weighted by atomic mass is 32.2. The molecule has 1 aliphatic rings. The zero-order chi connectivity index (χ0) is 11.8. The Morgan fingerprint density at radius 1 is 1.38 bits per heavy atom. The predicted molar refractivity (Wildman–Crippen MR) is 70.6 cm³/mol. The Hall–Kier alpha value is -0.220. The highest BCUT2D eigenvalue weighted by Crippen LogP contribution is 2.17. The number of thioether (sulfide) groups is 1. The summed E-state index contributed by atoms with van der Waals surface area (Å²) in [4.78, 5) is 11.8. The summed E-state index contributed by atoms with van der Waals surface area (Å²) < 4.78 is 0. The summed E-state index contributed by atoms with van der Waals surface area (Å²) in [5, 5.41) is 3.09. The molecule has 16 heavy (non-hydrogen) atoms. The Kier molecular flexibility index (Phi) is 6.88. The Morgan fingerprint density at radius 3 is 2.56 bits per heavy atom. The van der Waals surface area contributed by atoms with Crippen molar-refractivity contribution >= 4 is 17.7 Å². The number of carbonyl (C=O) groups excluding carboxylic acids is 1. The lowest BCUT2D eigenvalue weighted by atomic mass is 10.1. The van der Waals surface area contributed by atoms with Crippen LogP contribution in [0.1, 0.15) is 44.9 Å². The van der Waals surface area contributed by atoms with E-state index in [1.54, 1.807) is 11.8 Å². The Bertz CT molecular complexity index is 203. The van der Waals surface area contributed by atoms with E-state index in [2.05, 4.69) is 5.32 Å². The molecule has 0 aromatic rings. The summed E-state index contributed by atoms with van der Waals surface area (Å²) in [7, 11) is 0. The van der Waals surface area contributed by atoms with Crippen LogP contribution < -0.4 is 11.1 Å². The van der Waals surface area contributed by atoms with E-state index in [9.17, 15) is 4.79 Å². The molecule has 0 aromatic carbocycles. The fourth-order valence-corrected chi connectivity index (χ4v) is 2.60. The maximum Gasteiger partial charge on any atom is 0.237 e. The van der Waals surface area contributed by atoms with Gasteiger partial charge in [-0.3, -0.25) is 4.79 Å². The maximum absolute atomic E-state index is 11.8. The van der Waals surface area contributed by atoms with Crippen LogP contribution in [0.3, 0.4) is 0 Å². The topological polar surface area (TPSA) is 55.1 Å². The average molecular weight is 244 g/mol. The second kappa shape index (κ2) is 7.96. The molecule has 0 unspecified atom stereocenters. The lowest BCUT2D eigenvalue weighted by Gasteiger charge is -2.19. The third-order valence-corrected chi connectivity index (χ3v) is 3.82. The van der Waals surface area contributed by atoms with E-state index in [0.717, 1.165) is 25.0 Å². The van der Waals surface area contributed by atoms with Gasteiger partial charge in [-0.25, -0.2) is 0 Å². The van der Waals surface area contributed by atoms with Crippen molar-refractivity contribution in [1.82, 2.24) is 5.32 Å². The second-order valence-electron chi connectivity index (χ2n) is 4.59. The third kappa shape index (κ3) is 5.21. The smallest absolute Gasteiger partial charge is 0.237 e. The van der Waals surface area contributed by atoms with Gasteiger partial charge in [0, 0.05) is 6.04 Å². The van der Waals surface area contributed by atoms with E-state index < -0.39 is 0 Å². The first-order chi connectivity index (χ1) is 7.74. The lowest BCUT2D eigenvalue weighted by Crippen LogP contribution is -2.45. The van der Waals surface area contributed by atoms with Crippen molar-refractivity contribution in [2.75, 3.05) is 12.0 Å². The molecule has 0 radical (unpaired) electrons. The van der Waals surface area contributed by atoms with Crippen molar-refractivity contribution in [3.63, 3.8) is 0 Å². The zero-order valence-corrected chi connectivity index (χ0v) is 11.0. The molecule has 0 spiro atoms. The standard InChI is InChI=1S/C12H24N2OS/c1-16-9-8-11(13)12(15)14-10-6-4-2-3-5-7-10/h10-11H,2-9,13H2,1H3,(H,14,15)/t11-/m0/s1. The van der Waals surface area contributed by atoms with Crippen molar-refractivity contribution in [1.29, 1.82) is 0 Å². The van der Waals surface area contributed by atoms with E-state index in [1.807, 2.05) is 6.26 Å². The highest BCUT2D eigenvalue weighted by molar-refractivity contribution is 7.98. The zero-order valence-electron chi connectivity index (χ0n) is 10.2. The lowest BCUT2D eigenvalue weighted by molar-refractivity contribution is -0.123. The minimum absolute atomic E-state index is 0.0425. The van der Waals surface area contributed by atoms with Crippen LogP contribution in [0.25, 0.3) is 0 Å². The average Bonchev–Trinajstić information content (AvgIpc) is 2.54. The van der Waals surface area contributed by atoms with Gasteiger partial charge in [0.1, 0.15) is 0 Å². The molecule has 1 amide bonds. The Morgan fingerprint density at radius 2 is 2.00 bits per heavy atom. The van der Waals surface area contributed by atoms with Gasteiger partial charge in [-0.1, -0.05) is 25.7 Å². The number of nitrogens with one attached hydrogen (secondary N) is 1. The molecule has 3 N–H and O–H groups in total. The van der Waals surface area contributed by atoms with Gasteiger partial charge >= 0.3 is 0 Å². The molecular formula is C12H24N2OS. The largest absolute Gasteiger partial charge is 0.352 e. The van der Waals surface area contributed by atoms with Crippen LogP contribution in [-0.4, -0.2) is 30.0 Å². The summed E-state index contributed by atoms with van der Waals surface area (Å²) in [5.74, 6) is 1.00. The van der Waals surface area contributed by atoms with Gasteiger partial charge in [-0.15, -0.1) is 0 Å². The summed E-state index contributed by atoms with van der Waals surface area (Å²) in [6.45, 7) is 0. The molecule has 0 saturated heterocycles. The summed E-state index contributed by atoms with van der Waals surface area (Å²) in [5.41, 5.74) is 5.83. The van der Waals surface area contributed by atoms with Crippen LogP contribution in [0.2, 0.25) is 0 Å². The van der Waals surface area contributed by atoms with Crippen LogP contribution in [0.15, 0.2) is 0 Å². The molecule has 0 aromatic heterocycles. The first-order valence-corrected chi connectivity index (χ1v) is 7.68. The number of hydrogen-bond donors (Lipinski definition) is 2. The molecule has 1 fully saturated rings. The normalized spacial score (nSPS) is 20.1. The monoisotopic (exact) mass is 244 g/mol. The van der Waals surface area contributed by atoms with Crippen molar-refractivity contribution in [2.24, 2.45) is 5.73 Å². The fourth-order valence-electron chi connectivity index (χ4n) is 2.11. The molecule has 1 saturated carbocycles. The van der Waals surface area contributed by atoms with Crippen molar-refractivity contribution < 1.29 is 4.79 Å². The van der Waals surface area contributed by atoms with Gasteiger partial charge in [-0.2, -0.15) is 11.8 Å². The number of amides is 1. The summed E-state index contributed by atoms with van der Waals surface area (Å²) >= 11 is 1.74. The first kappa shape index (κ1) is 13.8. The summed E-state index contributed by atoms with van der Waals surface area (Å²) in [6, 6.07) is 0.0473. The quantitative estimate of drug-likeness (QED) is 0.726. The van der Waals surface area contributed by atoms with Crippen LogP contribution in [-0.2, 0) is 4.79 Å². The number of hydrogen-bond acceptors (Lipinski definition) is 3. The molecule has 4 heteroatoms. The highest BCUT2D eigenvalue weighted by Gasteiger charge is 2.18. The van der Waals surface area contributed by atoms with Crippen molar-refractivity contribution in [2.45, 2.75) is 57.0 Å². The number of nitrogens with two attached hydrogens (primary N) is 1. The van der Waals surface area contributed by atoms with Gasteiger partial charge < -0.3 is 11.1 Å². The van der Waals surface area contributed by atoms with Crippen molar-refractivity contribution in [3.8, 4) is 0 Å². The Labute approximate surface area is 103 Å². The Balaban J connectivity index is 2.25. The minimum Gasteiger partial charge on any atom is -0.352 e. The van der Waals surface area contributed by atoms with E-state index in [1.165, 1.54) is 25.7 Å². The molecule has 1 rings (SSSR count). The van der Waals surface area contributed by atoms with Crippen LogP contribution >= 0.6 is 11.8 Å². The van der Waals surface area contributed by atoms with Gasteiger partial charge in [0.05, 0.1) is 6.04 Å². The molecule has 0 bridgehead atoms. The van der Waals surface area contributed by atoms with E-state index >= 15 is 0 Å². The number of carbonyl (C=O) groups is 1. The minimum atomic E-state index is -0.323. The fraction of sp³-hybridized carbons (Fsp3) is 0.917. The number of rotatable bonds is 5.